The first-order valence-electron chi connectivity index (χ1n) is 6.51. The van der Waals surface area contributed by atoms with Crippen molar-refractivity contribution in [2.75, 3.05) is 13.2 Å². The zero-order chi connectivity index (χ0) is 13.0. The monoisotopic (exact) mass is 269 g/mol. The third kappa shape index (κ3) is 2.70. The Hall–Kier alpha value is -1.01. The van der Waals surface area contributed by atoms with E-state index in [9.17, 15) is 4.79 Å². The molecule has 0 aliphatic carbocycles. The number of amides is 1. The Bertz CT molecular complexity index is 408. The first kappa shape index (κ1) is 13.4. The number of aromatic nitrogens is 2. The fraction of sp³-hybridized carbons (Fsp3) is 0.750. The minimum Gasteiger partial charge on any atom is -0.396 e. The van der Waals surface area contributed by atoms with Crippen molar-refractivity contribution in [3.63, 3.8) is 0 Å². The van der Waals surface area contributed by atoms with Crippen LogP contribution in [-0.2, 0) is 6.42 Å². The molecule has 1 amide bonds. The number of nitrogens with zero attached hydrogens (tertiary/aromatic N) is 3. The minimum atomic E-state index is 0.0716. The van der Waals surface area contributed by atoms with Gasteiger partial charge in [0.2, 0.25) is 0 Å². The third-order valence-electron chi connectivity index (χ3n) is 3.42. The molecule has 18 heavy (non-hydrogen) atoms. The maximum Gasteiger partial charge on any atom is 0.267 e. The molecule has 1 atom stereocenters. The summed E-state index contributed by atoms with van der Waals surface area (Å²) in [4.78, 5) is 15.1. The van der Waals surface area contributed by atoms with Crippen molar-refractivity contribution < 1.29 is 9.90 Å². The maximum atomic E-state index is 12.5. The van der Waals surface area contributed by atoms with Gasteiger partial charge in [0.05, 0.1) is 5.69 Å². The minimum absolute atomic E-state index is 0.0716. The molecule has 100 valence electrons. The van der Waals surface area contributed by atoms with Gasteiger partial charge in [-0.2, -0.15) is 0 Å². The average Bonchev–Trinajstić information content (AvgIpc) is 3.03. The molecule has 1 aromatic rings. The largest absolute Gasteiger partial charge is 0.396 e. The number of hydrogen-bond acceptors (Lipinski definition) is 5. The predicted octanol–water partition coefficient (Wildman–Crippen LogP) is 1.48. The number of aliphatic hydroxyl groups excluding tert-OH is 1. The summed E-state index contributed by atoms with van der Waals surface area (Å²) in [7, 11) is 0. The van der Waals surface area contributed by atoms with Crippen LogP contribution in [0.3, 0.4) is 0 Å². The molecule has 6 heteroatoms. The van der Waals surface area contributed by atoms with E-state index in [1.165, 1.54) is 11.5 Å². The number of aryl methyl sites for hydroxylation is 1. The second-order valence-electron chi connectivity index (χ2n) is 4.56. The van der Waals surface area contributed by atoms with Crippen LogP contribution < -0.4 is 0 Å². The van der Waals surface area contributed by atoms with Crippen LogP contribution in [0.2, 0.25) is 0 Å². The van der Waals surface area contributed by atoms with Gasteiger partial charge in [0, 0.05) is 19.2 Å². The number of aliphatic hydroxyl groups is 1. The van der Waals surface area contributed by atoms with E-state index in [2.05, 4.69) is 9.59 Å². The van der Waals surface area contributed by atoms with Gasteiger partial charge in [-0.15, -0.1) is 5.10 Å². The highest BCUT2D eigenvalue weighted by molar-refractivity contribution is 7.08. The first-order chi connectivity index (χ1) is 8.77. The fourth-order valence-corrected chi connectivity index (χ4v) is 3.17. The van der Waals surface area contributed by atoms with Crippen LogP contribution in [0.25, 0.3) is 0 Å². The van der Waals surface area contributed by atoms with Crippen molar-refractivity contribution in [3.05, 3.63) is 10.6 Å². The Morgan fingerprint density at radius 2 is 2.44 bits per heavy atom. The fourth-order valence-electron chi connectivity index (χ4n) is 2.46. The molecule has 0 radical (unpaired) electrons. The van der Waals surface area contributed by atoms with Gasteiger partial charge in [0.1, 0.15) is 4.88 Å². The Kier molecular flexibility index (Phi) is 4.66. The molecule has 2 heterocycles. The van der Waals surface area contributed by atoms with E-state index in [1.54, 1.807) is 0 Å². The second kappa shape index (κ2) is 6.24. The molecule has 5 nitrogen and oxygen atoms in total. The molecule has 1 aliphatic rings. The topological polar surface area (TPSA) is 66.3 Å². The van der Waals surface area contributed by atoms with Gasteiger partial charge in [-0.3, -0.25) is 4.79 Å². The highest BCUT2D eigenvalue weighted by Gasteiger charge is 2.31. The molecule has 1 aromatic heterocycles. The lowest BCUT2D eigenvalue weighted by Crippen LogP contribution is -2.35. The van der Waals surface area contributed by atoms with Crippen molar-refractivity contribution in [2.45, 2.75) is 45.1 Å². The van der Waals surface area contributed by atoms with Crippen LogP contribution in [0.5, 0.6) is 0 Å². The molecular weight excluding hydrogens is 250 g/mol. The van der Waals surface area contributed by atoms with Crippen molar-refractivity contribution in [1.82, 2.24) is 14.5 Å². The van der Waals surface area contributed by atoms with E-state index in [4.69, 9.17) is 5.11 Å². The Morgan fingerprint density at radius 1 is 1.61 bits per heavy atom. The van der Waals surface area contributed by atoms with E-state index in [0.29, 0.717) is 4.88 Å². The number of likely N-dealkylation sites (tertiary alicyclic amines) is 1. The van der Waals surface area contributed by atoms with Gasteiger partial charge in [-0.1, -0.05) is 11.4 Å². The summed E-state index contributed by atoms with van der Waals surface area (Å²) in [5.41, 5.74) is 0.804. The maximum absolute atomic E-state index is 12.5. The van der Waals surface area contributed by atoms with Gasteiger partial charge in [0.25, 0.3) is 5.91 Å². The summed E-state index contributed by atoms with van der Waals surface area (Å²) in [6.45, 7) is 3.00. The molecule has 2 rings (SSSR count). The second-order valence-corrected chi connectivity index (χ2v) is 5.32. The normalized spacial score (nSPS) is 19.4. The quantitative estimate of drug-likeness (QED) is 0.879. The van der Waals surface area contributed by atoms with Crippen LogP contribution in [0.15, 0.2) is 0 Å². The Morgan fingerprint density at radius 3 is 3.17 bits per heavy atom. The highest BCUT2D eigenvalue weighted by atomic mass is 32.1. The van der Waals surface area contributed by atoms with Crippen LogP contribution in [0.4, 0.5) is 0 Å². The van der Waals surface area contributed by atoms with Crippen molar-refractivity contribution in [2.24, 2.45) is 0 Å². The van der Waals surface area contributed by atoms with Crippen LogP contribution >= 0.6 is 11.5 Å². The van der Waals surface area contributed by atoms with Crippen LogP contribution in [0, 0.1) is 0 Å². The van der Waals surface area contributed by atoms with E-state index >= 15 is 0 Å². The zero-order valence-electron chi connectivity index (χ0n) is 10.6. The van der Waals surface area contributed by atoms with Gasteiger partial charge in [0.15, 0.2) is 0 Å². The van der Waals surface area contributed by atoms with E-state index in [1.807, 2.05) is 11.8 Å². The summed E-state index contributed by atoms with van der Waals surface area (Å²) < 4.78 is 3.88. The average molecular weight is 269 g/mol. The van der Waals surface area contributed by atoms with E-state index in [0.717, 1.165) is 44.3 Å². The molecule has 0 bridgehead atoms. The van der Waals surface area contributed by atoms with Gasteiger partial charge in [-0.25, -0.2) is 0 Å². The molecule has 0 aromatic carbocycles. The van der Waals surface area contributed by atoms with Gasteiger partial charge in [-0.05, 0) is 43.6 Å². The SMILES string of the molecule is CCc1nnsc1C(=O)N1CCCC1CCCO. The van der Waals surface area contributed by atoms with E-state index in [-0.39, 0.29) is 18.6 Å². The smallest absolute Gasteiger partial charge is 0.267 e. The van der Waals surface area contributed by atoms with Gasteiger partial charge >= 0.3 is 0 Å². The standard InChI is InChI=1S/C12H19N3O2S/c1-2-10-11(18-14-13-10)12(17)15-7-3-5-9(15)6-4-8-16/h9,16H,2-8H2,1H3. The molecule has 0 saturated carbocycles. The van der Waals surface area contributed by atoms with Crippen LogP contribution in [0.1, 0.15) is 48.0 Å². The van der Waals surface area contributed by atoms with Crippen molar-refractivity contribution in [1.29, 1.82) is 0 Å². The summed E-state index contributed by atoms with van der Waals surface area (Å²) >= 11 is 1.19. The molecule has 0 spiro atoms. The lowest BCUT2D eigenvalue weighted by molar-refractivity contribution is 0.0728. The summed E-state index contributed by atoms with van der Waals surface area (Å²) in [5, 5.41) is 12.9. The van der Waals surface area contributed by atoms with Crippen LogP contribution in [-0.4, -0.2) is 44.7 Å². The number of carbonyl (C=O) groups is 1. The summed E-state index contributed by atoms with van der Waals surface area (Å²) in [6.07, 6.45) is 4.48. The number of rotatable bonds is 5. The first-order valence-corrected chi connectivity index (χ1v) is 7.28. The molecule has 1 fully saturated rings. The molecular formula is C12H19N3O2S. The lowest BCUT2D eigenvalue weighted by Gasteiger charge is -2.24. The highest BCUT2D eigenvalue weighted by Crippen LogP contribution is 2.25. The number of carbonyl (C=O) groups excluding carboxylic acids is 1. The molecule has 1 aliphatic heterocycles. The molecule has 1 N–H and O–H groups in total. The summed E-state index contributed by atoms with van der Waals surface area (Å²) in [5.74, 6) is 0.0716. The van der Waals surface area contributed by atoms with Crippen molar-refractivity contribution in [3.8, 4) is 0 Å². The lowest BCUT2D eigenvalue weighted by atomic mass is 10.1. The van der Waals surface area contributed by atoms with Gasteiger partial charge < -0.3 is 10.0 Å². The zero-order valence-corrected chi connectivity index (χ0v) is 11.4. The summed E-state index contributed by atoms with van der Waals surface area (Å²) in [6, 6.07) is 0.274. The predicted molar refractivity (Wildman–Crippen MR) is 69.7 cm³/mol. The Balaban J connectivity index is 2.08. The third-order valence-corrected chi connectivity index (χ3v) is 4.17. The molecule has 1 unspecified atom stereocenters. The van der Waals surface area contributed by atoms with Crippen molar-refractivity contribution >= 4 is 17.4 Å². The Labute approximate surface area is 111 Å². The molecule has 1 saturated heterocycles. The number of hydrogen-bond donors (Lipinski definition) is 1. The van der Waals surface area contributed by atoms with E-state index < -0.39 is 0 Å².